The van der Waals surface area contributed by atoms with Crippen LogP contribution in [-0.2, 0) is 10.8 Å². The van der Waals surface area contributed by atoms with Crippen molar-refractivity contribution in [3.8, 4) is 0 Å². The van der Waals surface area contributed by atoms with Gasteiger partial charge in [-0.2, -0.15) is 0 Å². The lowest BCUT2D eigenvalue weighted by atomic mass is 10.3. The van der Waals surface area contributed by atoms with Crippen molar-refractivity contribution < 1.29 is 4.21 Å². The summed E-state index contributed by atoms with van der Waals surface area (Å²) in [6, 6.07) is 0. The zero-order valence-corrected chi connectivity index (χ0v) is 12.0. The van der Waals surface area contributed by atoms with Crippen LogP contribution in [0.5, 0.6) is 0 Å². The highest BCUT2D eigenvalue weighted by atomic mass is 35.5. The number of halogens is 1. The molecule has 1 aromatic rings. The molecule has 0 saturated heterocycles. The van der Waals surface area contributed by atoms with Crippen molar-refractivity contribution in [1.29, 1.82) is 0 Å². The van der Waals surface area contributed by atoms with E-state index in [1.165, 1.54) is 11.9 Å². The summed E-state index contributed by atoms with van der Waals surface area (Å²) in [5.41, 5.74) is 0.752. The Balaban J connectivity index is 2.23. The van der Waals surface area contributed by atoms with Gasteiger partial charge in [0, 0.05) is 11.1 Å². The fourth-order valence-corrected chi connectivity index (χ4v) is 4.54. The minimum absolute atomic E-state index is 0.384. The van der Waals surface area contributed by atoms with Gasteiger partial charge < -0.3 is 4.72 Å². The van der Waals surface area contributed by atoms with Crippen LogP contribution in [-0.4, -0.2) is 15.1 Å². The molecule has 1 atom stereocenters. The first kappa shape index (κ1) is 12.4. The van der Waals surface area contributed by atoms with E-state index in [9.17, 15) is 4.21 Å². The number of hydrogen-bond donors (Lipinski definition) is 1. The molecule has 2 heterocycles. The van der Waals surface area contributed by atoms with E-state index in [0.29, 0.717) is 21.9 Å². The minimum Gasteiger partial charge on any atom is -0.302 e. The summed E-state index contributed by atoms with van der Waals surface area (Å²) in [4.78, 5) is 4.32. The zero-order chi connectivity index (χ0) is 11.7. The number of nitrogens with zero attached hydrogens (tertiary/aromatic N) is 1. The molecule has 0 saturated carbocycles. The fraction of sp³-hybridized carbons (Fsp3) is 0.444. The van der Waals surface area contributed by atoms with Gasteiger partial charge in [0.15, 0.2) is 0 Å². The third-order valence-electron chi connectivity index (χ3n) is 1.83. The molecule has 0 aliphatic carbocycles. The molecular weight excluding hydrogens is 284 g/mol. The lowest BCUT2D eigenvalue weighted by Crippen LogP contribution is -2.26. The summed E-state index contributed by atoms with van der Waals surface area (Å²) in [5.74, 6) is 0.999. The van der Waals surface area contributed by atoms with Crippen LogP contribution in [0.15, 0.2) is 14.6 Å². The fourth-order valence-electron chi connectivity index (χ4n) is 1.18. The Morgan fingerprint density at radius 1 is 1.62 bits per heavy atom. The Morgan fingerprint density at radius 3 is 3.06 bits per heavy atom. The standard InChI is InChI=1S/C9H11ClN2OS3/c1-5(2)4-16(13)9-11-7-6(10)3-14-8(7)15-12-9/h3,5H,4H2,1-2H3,(H,11,12). The largest absolute Gasteiger partial charge is 0.302 e. The molecule has 16 heavy (non-hydrogen) atoms. The smallest absolute Gasteiger partial charge is 0.203 e. The maximum atomic E-state index is 11.9. The minimum atomic E-state index is -1.07. The molecule has 1 aliphatic heterocycles. The molecule has 0 aromatic carbocycles. The van der Waals surface area contributed by atoms with E-state index in [0.717, 1.165) is 9.90 Å². The van der Waals surface area contributed by atoms with E-state index in [-0.39, 0.29) is 0 Å². The van der Waals surface area contributed by atoms with Gasteiger partial charge >= 0.3 is 0 Å². The highest BCUT2D eigenvalue weighted by molar-refractivity contribution is 8.06. The van der Waals surface area contributed by atoms with Crippen molar-refractivity contribution in [3.63, 3.8) is 0 Å². The van der Waals surface area contributed by atoms with E-state index in [1.54, 1.807) is 11.3 Å². The molecule has 7 heteroatoms. The number of thiophene rings is 1. The molecule has 0 fully saturated rings. The van der Waals surface area contributed by atoms with Crippen LogP contribution < -0.4 is 4.72 Å². The Morgan fingerprint density at radius 2 is 2.38 bits per heavy atom. The summed E-state index contributed by atoms with van der Waals surface area (Å²) in [7, 11) is -1.07. The van der Waals surface area contributed by atoms with Gasteiger partial charge in [-0.25, -0.2) is 4.99 Å². The second kappa shape index (κ2) is 5.08. The Labute approximate surface area is 110 Å². The average Bonchev–Trinajstić information content (AvgIpc) is 2.59. The highest BCUT2D eigenvalue weighted by Gasteiger charge is 2.21. The predicted octanol–water partition coefficient (Wildman–Crippen LogP) is 3.40. The monoisotopic (exact) mass is 294 g/mol. The maximum Gasteiger partial charge on any atom is 0.203 e. The normalized spacial score (nSPS) is 16.6. The summed E-state index contributed by atoms with van der Waals surface area (Å²) in [6.45, 7) is 4.08. The van der Waals surface area contributed by atoms with Gasteiger partial charge in [-0.1, -0.05) is 25.4 Å². The third kappa shape index (κ3) is 2.61. The van der Waals surface area contributed by atoms with Crippen LogP contribution in [0, 0.1) is 5.92 Å². The van der Waals surface area contributed by atoms with Gasteiger partial charge in [0.1, 0.15) is 9.90 Å². The van der Waals surface area contributed by atoms with Crippen LogP contribution in [0.1, 0.15) is 13.8 Å². The molecule has 0 bridgehead atoms. The molecule has 88 valence electrons. The first-order valence-corrected chi connectivity index (χ1v) is 8.14. The van der Waals surface area contributed by atoms with Gasteiger partial charge in [-0.3, -0.25) is 4.21 Å². The quantitative estimate of drug-likeness (QED) is 0.850. The second-order valence-electron chi connectivity index (χ2n) is 3.75. The van der Waals surface area contributed by atoms with Crippen LogP contribution >= 0.6 is 34.9 Å². The number of fused-ring (bicyclic) bond motifs is 1. The van der Waals surface area contributed by atoms with Crippen LogP contribution in [0.25, 0.3) is 0 Å². The van der Waals surface area contributed by atoms with Crippen molar-refractivity contribution in [1.82, 2.24) is 4.72 Å². The van der Waals surface area contributed by atoms with Gasteiger partial charge in [0.25, 0.3) is 0 Å². The highest BCUT2D eigenvalue weighted by Crippen LogP contribution is 2.42. The summed E-state index contributed by atoms with van der Waals surface area (Å²) in [6.07, 6.45) is 0. The molecular formula is C9H11ClN2OS3. The van der Waals surface area contributed by atoms with Crippen molar-refractivity contribution in [2.24, 2.45) is 10.9 Å². The molecule has 1 N–H and O–H groups in total. The third-order valence-corrected chi connectivity index (χ3v) is 5.95. The maximum absolute atomic E-state index is 11.9. The SMILES string of the molecule is CC(C)CS(=O)C1=Nc2c(Cl)csc2SN1. The first-order chi connectivity index (χ1) is 7.58. The van der Waals surface area contributed by atoms with Crippen LogP contribution in [0.4, 0.5) is 5.69 Å². The molecule has 0 amide bonds. The van der Waals surface area contributed by atoms with Crippen LogP contribution in [0.3, 0.4) is 0 Å². The van der Waals surface area contributed by atoms with Crippen molar-refractivity contribution >= 4 is 56.5 Å². The number of hydrogen-bond acceptors (Lipinski definition) is 5. The first-order valence-electron chi connectivity index (χ1n) is 4.75. The summed E-state index contributed by atoms with van der Waals surface area (Å²) in [5, 5.41) is 3.00. The Hall–Kier alpha value is -0.0400. The molecule has 1 unspecified atom stereocenters. The van der Waals surface area contributed by atoms with Crippen LogP contribution in [0.2, 0.25) is 5.02 Å². The van der Waals surface area contributed by atoms with E-state index < -0.39 is 10.8 Å². The molecule has 3 nitrogen and oxygen atoms in total. The second-order valence-corrected chi connectivity index (χ2v) is 7.52. The predicted molar refractivity (Wildman–Crippen MR) is 73.3 cm³/mol. The van der Waals surface area contributed by atoms with Crippen molar-refractivity contribution in [2.45, 2.75) is 18.1 Å². The lowest BCUT2D eigenvalue weighted by Gasteiger charge is -2.14. The van der Waals surface area contributed by atoms with Gasteiger partial charge in [-0.05, 0) is 17.9 Å². The molecule has 1 aliphatic rings. The number of rotatable bonds is 2. The molecule has 0 spiro atoms. The number of amidine groups is 1. The topological polar surface area (TPSA) is 41.5 Å². The number of nitrogens with one attached hydrogen (secondary N) is 1. The Kier molecular flexibility index (Phi) is 3.94. The average molecular weight is 295 g/mol. The zero-order valence-electron chi connectivity index (χ0n) is 8.82. The summed E-state index contributed by atoms with van der Waals surface area (Å²) < 4.78 is 16.0. The lowest BCUT2D eigenvalue weighted by molar-refractivity contribution is 0.671. The molecule has 0 radical (unpaired) electrons. The van der Waals surface area contributed by atoms with Gasteiger partial charge in [0.05, 0.1) is 15.8 Å². The van der Waals surface area contributed by atoms with E-state index in [1.807, 2.05) is 19.2 Å². The summed E-state index contributed by atoms with van der Waals surface area (Å²) >= 11 is 8.97. The van der Waals surface area contributed by atoms with Gasteiger partial charge in [0.2, 0.25) is 5.17 Å². The molecule has 2 rings (SSSR count). The van der Waals surface area contributed by atoms with E-state index in [4.69, 9.17) is 11.6 Å². The number of aliphatic imine (C=N–C) groups is 1. The van der Waals surface area contributed by atoms with Crippen molar-refractivity contribution in [2.75, 3.05) is 5.75 Å². The van der Waals surface area contributed by atoms with E-state index >= 15 is 0 Å². The van der Waals surface area contributed by atoms with E-state index in [2.05, 4.69) is 9.71 Å². The van der Waals surface area contributed by atoms with Gasteiger partial charge in [-0.15, -0.1) is 11.3 Å². The van der Waals surface area contributed by atoms with Crippen molar-refractivity contribution in [3.05, 3.63) is 10.4 Å². The Bertz CT molecular complexity index is 456. The molecule has 1 aromatic heterocycles.